The number of thioether (sulfide) groups is 1. The Hall–Kier alpha value is -4.22. The number of para-hydroxylation sites is 2. The molecule has 0 saturated carbocycles. The Labute approximate surface area is 207 Å². The number of carbonyl (C=O) groups is 2. The Morgan fingerprint density at radius 2 is 1.77 bits per heavy atom. The summed E-state index contributed by atoms with van der Waals surface area (Å²) >= 11 is 1.21. The summed E-state index contributed by atoms with van der Waals surface area (Å²) < 4.78 is 5.63. The number of allylic oxidation sites excluding steroid dienone is 2. The van der Waals surface area contributed by atoms with Gasteiger partial charge in [-0.3, -0.25) is 9.59 Å². The number of amides is 2. The molecule has 176 valence electrons. The molecule has 2 amide bonds. The highest BCUT2D eigenvalue weighted by atomic mass is 32.2. The summed E-state index contributed by atoms with van der Waals surface area (Å²) in [5, 5.41) is 19.6. The van der Waals surface area contributed by atoms with Crippen LogP contribution < -0.4 is 16.0 Å². The zero-order valence-electron chi connectivity index (χ0n) is 19.3. The van der Waals surface area contributed by atoms with Gasteiger partial charge in [-0.1, -0.05) is 48.2 Å². The van der Waals surface area contributed by atoms with E-state index in [4.69, 9.17) is 4.42 Å². The van der Waals surface area contributed by atoms with Gasteiger partial charge in [0.1, 0.15) is 5.76 Å². The first-order chi connectivity index (χ1) is 17.0. The maximum absolute atomic E-state index is 13.3. The maximum atomic E-state index is 13.3. The Bertz CT molecular complexity index is 1340. The Kier molecular flexibility index (Phi) is 7.38. The van der Waals surface area contributed by atoms with Gasteiger partial charge in [0.2, 0.25) is 5.91 Å². The van der Waals surface area contributed by atoms with E-state index >= 15 is 0 Å². The summed E-state index contributed by atoms with van der Waals surface area (Å²) in [6, 6.07) is 22.3. The number of hydrogen-bond donors (Lipinski definition) is 3. The van der Waals surface area contributed by atoms with Crippen LogP contribution in [0.15, 0.2) is 99.3 Å². The van der Waals surface area contributed by atoms with Crippen molar-refractivity contribution in [3.05, 3.63) is 106 Å². The molecule has 0 radical (unpaired) electrons. The summed E-state index contributed by atoms with van der Waals surface area (Å²) in [6.45, 7) is 3.70. The largest absolute Gasteiger partial charge is 0.468 e. The molecule has 0 saturated heterocycles. The van der Waals surface area contributed by atoms with E-state index in [0.717, 1.165) is 11.3 Å². The third-order valence-electron chi connectivity index (χ3n) is 5.52. The van der Waals surface area contributed by atoms with Gasteiger partial charge >= 0.3 is 0 Å². The molecule has 1 atom stereocenters. The van der Waals surface area contributed by atoms with Gasteiger partial charge in [0.25, 0.3) is 5.91 Å². The molecule has 1 aliphatic rings. The lowest BCUT2D eigenvalue weighted by atomic mass is 9.85. The number of benzene rings is 2. The van der Waals surface area contributed by atoms with Crippen LogP contribution in [0, 0.1) is 18.3 Å². The molecule has 1 aliphatic heterocycles. The lowest BCUT2D eigenvalue weighted by Gasteiger charge is -2.28. The fourth-order valence-electron chi connectivity index (χ4n) is 3.82. The van der Waals surface area contributed by atoms with E-state index in [0.29, 0.717) is 33.3 Å². The summed E-state index contributed by atoms with van der Waals surface area (Å²) in [4.78, 5) is 25.9. The van der Waals surface area contributed by atoms with E-state index in [2.05, 4.69) is 22.0 Å². The summed E-state index contributed by atoms with van der Waals surface area (Å²) in [7, 11) is 0. The highest BCUT2D eigenvalue weighted by Crippen LogP contribution is 2.41. The number of nitrogens with zero attached hydrogens (tertiary/aromatic N) is 1. The monoisotopic (exact) mass is 484 g/mol. The van der Waals surface area contributed by atoms with E-state index in [1.165, 1.54) is 18.0 Å². The first-order valence-corrected chi connectivity index (χ1v) is 12.0. The average molecular weight is 485 g/mol. The molecule has 35 heavy (non-hydrogen) atoms. The molecular weight excluding hydrogens is 460 g/mol. The number of nitriles is 1. The van der Waals surface area contributed by atoms with Crippen molar-refractivity contribution >= 4 is 35.0 Å². The van der Waals surface area contributed by atoms with Gasteiger partial charge < -0.3 is 20.4 Å². The molecule has 8 heteroatoms. The van der Waals surface area contributed by atoms with E-state index in [1.807, 2.05) is 49.4 Å². The molecule has 0 aliphatic carbocycles. The third-order valence-corrected chi connectivity index (χ3v) is 6.54. The summed E-state index contributed by atoms with van der Waals surface area (Å²) in [5.74, 6) is -0.674. The highest BCUT2D eigenvalue weighted by Gasteiger charge is 2.36. The van der Waals surface area contributed by atoms with Crippen molar-refractivity contribution in [3.63, 3.8) is 0 Å². The topological polar surface area (TPSA) is 107 Å². The van der Waals surface area contributed by atoms with Crippen LogP contribution in [0.3, 0.4) is 0 Å². The van der Waals surface area contributed by atoms with E-state index in [1.54, 1.807) is 31.2 Å². The predicted molar refractivity (Wildman–Crippen MR) is 137 cm³/mol. The minimum atomic E-state index is -0.707. The Balaban J connectivity index is 1.58. The summed E-state index contributed by atoms with van der Waals surface area (Å²) in [6.07, 6.45) is 1.51. The second-order valence-electron chi connectivity index (χ2n) is 7.94. The fourth-order valence-corrected chi connectivity index (χ4v) is 4.72. The molecule has 0 bridgehead atoms. The van der Waals surface area contributed by atoms with E-state index in [9.17, 15) is 14.9 Å². The minimum Gasteiger partial charge on any atom is -0.468 e. The van der Waals surface area contributed by atoms with Crippen molar-refractivity contribution in [2.24, 2.45) is 0 Å². The molecule has 0 fully saturated rings. The van der Waals surface area contributed by atoms with Crippen LogP contribution in [0.2, 0.25) is 0 Å². The average Bonchev–Trinajstić information content (AvgIpc) is 3.39. The van der Waals surface area contributed by atoms with Crippen LogP contribution in [-0.4, -0.2) is 17.6 Å². The SMILES string of the molecule is CC1=C(C(=O)Nc2ccccc2)C(c2ccco2)C(C#N)=C(SCC(=O)Nc2ccccc2C)N1. The normalized spacial score (nSPS) is 15.3. The minimum absolute atomic E-state index is 0.0888. The molecule has 3 aromatic rings. The molecule has 3 N–H and O–H groups in total. The quantitative estimate of drug-likeness (QED) is 0.420. The lowest BCUT2D eigenvalue weighted by Crippen LogP contribution is -2.31. The molecule has 2 aromatic carbocycles. The fraction of sp³-hybridized carbons (Fsp3) is 0.148. The first kappa shape index (κ1) is 23.9. The van der Waals surface area contributed by atoms with Gasteiger partial charge in [0.05, 0.1) is 40.2 Å². The molecule has 4 rings (SSSR count). The van der Waals surface area contributed by atoms with Crippen molar-refractivity contribution in [2.45, 2.75) is 19.8 Å². The Morgan fingerprint density at radius 3 is 2.46 bits per heavy atom. The predicted octanol–water partition coefficient (Wildman–Crippen LogP) is 5.29. The van der Waals surface area contributed by atoms with Gasteiger partial charge in [-0.15, -0.1) is 0 Å². The number of rotatable bonds is 7. The number of dihydropyridines is 1. The number of aryl methyl sites for hydroxylation is 1. The molecule has 2 heterocycles. The van der Waals surface area contributed by atoms with Gasteiger partial charge in [0.15, 0.2) is 0 Å². The van der Waals surface area contributed by atoms with Crippen molar-refractivity contribution in [2.75, 3.05) is 16.4 Å². The van der Waals surface area contributed by atoms with Crippen LogP contribution in [0.25, 0.3) is 0 Å². The second kappa shape index (κ2) is 10.8. The van der Waals surface area contributed by atoms with Gasteiger partial charge in [-0.25, -0.2) is 0 Å². The van der Waals surface area contributed by atoms with Gasteiger partial charge in [-0.05, 0) is 49.7 Å². The van der Waals surface area contributed by atoms with E-state index < -0.39 is 5.92 Å². The maximum Gasteiger partial charge on any atom is 0.254 e. The van der Waals surface area contributed by atoms with Crippen LogP contribution in [0.4, 0.5) is 11.4 Å². The number of nitrogens with one attached hydrogen (secondary N) is 3. The number of hydrogen-bond acceptors (Lipinski definition) is 6. The molecule has 1 aromatic heterocycles. The zero-order valence-corrected chi connectivity index (χ0v) is 20.1. The van der Waals surface area contributed by atoms with Crippen LogP contribution in [0.1, 0.15) is 24.2 Å². The highest BCUT2D eigenvalue weighted by molar-refractivity contribution is 8.03. The van der Waals surface area contributed by atoms with Crippen molar-refractivity contribution in [1.29, 1.82) is 5.26 Å². The zero-order chi connectivity index (χ0) is 24.8. The van der Waals surface area contributed by atoms with Crippen LogP contribution in [-0.2, 0) is 9.59 Å². The summed E-state index contributed by atoms with van der Waals surface area (Å²) in [5.41, 5.74) is 3.64. The molecule has 0 spiro atoms. The Morgan fingerprint density at radius 1 is 1.03 bits per heavy atom. The van der Waals surface area contributed by atoms with Crippen molar-refractivity contribution < 1.29 is 14.0 Å². The van der Waals surface area contributed by atoms with Crippen LogP contribution in [0.5, 0.6) is 0 Å². The lowest BCUT2D eigenvalue weighted by molar-refractivity contribution is -0.114. The third kappa shape index (κ3) is 5.48. The second-order valence-corrected chi connectivity index (χ2v) is 8.92. The smallest absolute Gasteiger partial charge is 0.254 e. The number of anilines is 2. The molecular formula is C27H24N4O3S. The van der Waals surface area contributed by atoms with Crippen molar-refractivity contribution in [1.82, 2.24) is 5.32 Å². The van der Waals surface area contributed by atoms with Crippen LogP contribution >= 0.6 is 11.8 Å². The number of carbonyl (C=O) groups excluding carboxylic acids is 2. The van der Waals surface area contributed by atoms with Crippen molar-refractivity contribution in [3.8, 4) is 6.07 Å². The van der Waals surface area contributed by atoms with E-state index in [-0.39, 0.29) is 17.6 Å². The standard InChI is InChI=1S/C27H24N4O3S/c1-17-9-6-7-12-21(17)31-23(32)16-35-27-20(15-28)25(22-13-8-14-34-22)24(18(2)29-27)26(33)30-19-10-4-3-5-11-19/h3-14,25,29H,16H2,1-2H3,(H,30,33)(H,31,32). The van der Waals surface area contributed by atoms with Gasteiger partial charge in [0, 0.05) is 17.1 Å². The number of furan rings is 1. The molecule has 7 nitrogen and oxygen atoms in total. The van der Waals surface area contributed by atoms with Gasteiger partial charge in [-0.2, -0.15) is 5.26 Å². The molecule has 1 unspecified atom stereocenters. The first-order valence-electron chi connectivity index (χ1n) is 11.0.